The Morgan fingerprint density at radius 2 is 1.62 bits per heavy atom. The zero-order chi connectivity index (χ0) is 17.1. The van der Waals surface area contributed by atoms with Crippen molar-refractivity contribution < 1.29 is 14.3 Å². The maximum Gasteiger partial charge on any atom is 0.236 e. The number of carbonyl (C=O) groups is 2. The van der Waals surface area contributed by atoms with Gasteiger partial charge in [0.2, 0.25) is 11.8 Å². The molecule has 3 saturated heterocycles. The van der Waals surface area contributed by atoms with Crippen molar-refractivity contribution in [1.29, 1.82) is 0 Å². The Bertz CT molecular complexity index is 459. The fourth-order valence-electron chi connectivity index (χ4n) is 4.12. The number of carbonyl (C=O) groups excluding carboxylic acids is 2. The summed E-state index contributed by atoms with van der Waals surface area (Å²) in [5.74, 6) is 0.964. The van der Waals surface area contributed by atoms with Crippen LogP contribution in [0.2, 0.25) is 0 Å². The minimum absolute atomic E-state index is 0.173. The summed E-state index contributed by atoms with van der Waals surface area (Å²) < 4.78 is 5.32. The molecule has 0 aromatic carbocycles. The van der Waals surface area contributed by atoms with Crippen molar-refractivity contribution in [3.8, 4) is 0 Å². The van der Waals surface area contributed by atoms with Gasteiger partial charge in [-0.2, -0.15) is 0 Å². The second-order valence-corrected chi connectivity index (χ2v) is 7.27. The summed E-state index contributed by atoms with van der Waals surface area (Å²) in [7, 11) is 0. The molecule has 0 aromatic heterocycles. The fourth-order valence-corrected chi connectivity index (χ4v) is 4.12. The van der Waals surface area contributed by atoms with Gasteiger partial charge in [-0.15, -0.1) is 0 Å². The van der Waals surface area contributed by atoms with Crippen molar-refractivity contribution in [3.63, 3.8) is 0 Å². The van der Waals surface area contributed by atoms with Gasteiger partial charge in [0.05, 0.1) is 19.8 Å². The molecule has 24 heavy (non-hydrogen) atoms. The lowest BCUT2D eigenvalue weighted by Gasteiger charge is -2.39. The Hall–Kier alpha value is -1.18. The highest BCUT2D eigenvalue weighted by Gasteiger charge is 2.36. The molecule has 7 nitrogen and oxygen atoms in total. The van der Waals surface area contributed by atoms with Crippen molar-refractivity contribution in [2.75, 3.05) is 72.1 Å². The first-order valence-corrected chi connectivity index (χ1v) is 9.12. The van der Waals surface area contributed by atoms with Crippen molar-refractivity contribution in [2.45, 2.75) is 19.9 Å². The molecule has 0 aliphatic carbocycles. The van der Waals surface area contributed by atoms with Crippen molar-refractivity contribution in [2.24, 2.45) is 5.92 Å². The number of hydrogen-bond donors (Lipinski definition) is 0. The van der Waals surface area contributed by atoms with E-state index in [4.69, 9.17) is 4.74 Å². The minimum Gasteiger partial charge on any atom is -0.378 e. The summed E-state index contributed by atoms with van der Waals surface area (Å²) in [5, 5.41) is 0. The van der Waals surface area contributed by atoms with Gasteiger partial charge in [-0.1, -0.05) is 6.92 Å². The van der Waals surface area contributed by atoms with Crippen molar-refractivity contribution >= 4 is 11.8 Å². The number of morpholine rings is 1. The summed E-state index contributed by atoms with van der Waals surface area (Å²) in [6.07, 6.45) is 0. The molecule has 136 valence electrons. The molecule has 2 atom stereocenters. The van der Waals surface area contributed by atoms with Crippen LogP contribution in [0.3, 0.4) is 0 Å². The Balaban J connectivity index is 1.48. The lowest BCUT2D eigenvalue weighted by Crippen LogP contribution is -2.53. The lowest BCUT2D eigenvalue weighted by atomic mass is 10.0. The standard InChI is InChI=1S/C17H30N4O3/c1-14-11-18(13-17(23)21-7-9-24-10-8-21)12-16(14)20-5-3-19(4-6-20)15(2)22/h14,16H,3-13H2,1-2H3/t14-,16+/m1/s1. The molecule has 0 saturated carbocycles. The smallest absolute Gasteiger partial charge is 0.236 e. The topological polar surface area (TPSA) is 56.3 Å². The predicted octanol–water partition coefficient (Wildman–Crippen LogP) is -0.670. The number of amides is 2. The molecule has 7 heteroatoms. The van der Waals surface area contributed by atoms with Gasteiger partial charge < -0.3 is 14.5 Å². The van der Waals surface area contributed by atoms with Crippen LogP contribution in [0.4, 0.5) is 0 Å². The second kappa shape index (κ2) is 7.80. The van der Waals surface area contributed by atoms with E-state index in [1.807, 2.05) is 9.80 Å². The maximum atomic E-state index is 12.4. The molecule has 2 amide bonds. The molecule has 3 aliphatic heterocycles. The molecule has 0 aromatic rings. The van der Waals surface area contributed by atoms with Gasteiger partial charge in [0.25, 0.3) is 0 Å². The monoisotopic (exact) mass is 338 g/mol. The molecule has 0 bridgehead atoms. The van der Waals surface area contributed by atoms with Gasteiger partial charge in [0, 0.05) is 65.3 Å². The van der Waals surface area contributed by atoms with Crippen LogP contribution in [0.5, 0.6) is 0 Å². The first-order valence-electron chi connectivity index (χ1n) is 9.12. The Labute approximate surface area is 144 Å². The van der Waals surface area contributed by atoms with Crippen molar-refractivity contribution in [1.82, 2.24) is 19.6 Å². The molecule has 0 spiro atoms. The maximum absolute atomic E-state index is 12.4. The quantitative estimate of drug-likeness (QED) is 0.683. The van der Waals surface area contributed by atoms with Gasteiger partial charge >= 0.3 is 0 Å². The summed E-state index contributed by atoms with van der Waals surface area (Å²) in [6.45, 7) is 12.7. The van der Waals surface area contributed by atoms with Crippen LogP contribution in [-0.4, -0.2) is 110 Å². The van der Waals surface area contributed by atoms with Gasteiger partial charge in [-0.3, -0.25) is 19.4 Å². The van der Waals surface area contributed by atoms with Crippen LogP contribution in [0.1, 0.15) is 13.8 Å². The van der Waals surface area contributed by atoms with E-state index in [2.05, 4.69) is 16.7 Å². The van der Waals surface area contributed by atoms with E-state index in [9.17, 15) is 9.59 Å². The van der Waals surface area contributed by atoms with Gasteiger partial charge in [0.15, 0.2) is 0 Å². The van der Waals surface area contributed by atoms with E-state index in [-0.39, 0.29) is 11.8 Å². The molecule has 3 fully saturated rings. The number of ether oxygens (including phenoxy) is 1. The van der Waals surface area contributed by atoms with Crippen LogP contribution in [0.15, 0.2) is 0 Å². The number of likely N-dealkylation sites (tertiary alicyclic amines) is 1. The molecular formula is C17H30N4O3. The van der Waals surface area contributed by atoms with E-state index in [1.54, 1.807) is 6.92 Å². The highest BCUT2D eigenvalue weighted by Crippen LogP contribution is 2.23. The zero-order valence-electron chi connectivity index (χ0n) is 14.9. The molecular weight excluding hydrogens is 308 g/mol. The Kier molecular flexibility index (Phi) is 5.73. The Morgan fingerprint density at radius 3 is 2.25 bits per heavy atom. The molecule has 3 aliphatic rings. The van der Waals surface area contributed by atoms with Crippen LogP contribution in [-0.2, 0) is 14.3 Å². The SMILES string of the molecule is CC(=O)N1CCN([C@H]2CN(CC(=O)N3CCOCC3)C[C@H]2C)CC1. The fraction of sp³-hybridized carbons (Fsp3) is 0.882. The molecule has 3 rings (SSSR count). The van der Waals surface area contributed by atoms with Gasteiger partial charge in [-0.25, -0.2) is 0 Å². The normalized spacial score (nSPS) is 29.9. The summed E-state index contributed by atoms with van der Waals surface area (Å²) >= 11 is 0. The average Bonchev–Trinajstić information content (AvgIpc) is 2.96. The molecule has 0 radical (unpaired) electrons. The van der Waals surface area contributed by atoms with Crippen LogP contribution < -0.4 is 0 Å². The van der Waals surface area contributed by atoms with E-state index >= 15 is 0 Å². The Morgan fingerprint density at radius 1 is 0.958 bits per heavy atom. The predicted molar refractivity (Wildman–Crippen MR) is 90.6 cm³/mol. The van der Waals surface area contributed by atoms with E-state index < -0.39 is 0 Å². The van der Waals surface area contributed by atoms with Crippen LogP contribution in [0, 0.1) is 5.92 Å². The number of nitrogens with zero attached hydrogens (tertiary/aromatic N) is 4. The number of piperazine rings is 1. The first kappa shape index (κ1) is 17.6. The number of hydrogen-bond acceptors (Lipinski definition) is 5. The lowest BCUT2D eigenvalue weighted by molar-refractivity contribution is -0.136. The summed E-state index contributed by atoms with van der Waals surface area (Å²) in [5.41, 5.74) is 0. The molecule has 3 heterocycles. The van der Waals surface area contributed by atoms with E-state index in [0.29, 0.717) is 31.7 Å². The third-order valence-corrected chi connectivity index (χ3v) is 5.60. The zero-order valence-corrected chi connectivity index (χ0v) is 14.9. The van der Waals surface area contributed by atoms with E-state index in [0.717, 1.165) is 52.4 Å². The average molecular weight is 338 g/mol. The first-order chi connectivity index (χ1) is 11.5. The van der Waals surface area contributed by atoms with Gasteiger partial charge in [-0.05, 0) is 5.92 Å². The summed E-state index contributed by atoms with van der Waals surface area (Å²) in [6, 6.07) is 0.497. The van der Waals surface area contributed by atoms with Crippen LogP contribution in [0.25, 0.3) is 0 Å². The van der Waals surface area contributed by atoms with E-state index in [1.165, 1.54) is 0 Å². The third-order valence-electron chi connectivity index (χ3n) is 5.60. The largest absolute Gasteiger partial charge is 0.378 e. The van der Waals surface area contributed by atoms with Crippen LogP contribution >= 0.6 is 0 Å². The van der Waals surface area contributed by atoms with Gasteiger partial charge in [0.1, 0.15) is 0 Å². The number of rotatable bonds is 3. The highest BCUT2D eigenvalue weighted by atomic mass is 16.5. The third kappa shape index (κ3) is 4.07. The summed E-state index contributed by atoms with van der Waals surface area (Å²) in [4.78, 5) is 32.5. The highest BCUT2D eigenvalue weighted by molar-refractivity contribution is 5.78. The minimum atomic E-state index is 0.173. The second-order valence-electron chi connectivity index (χ2n) is 7.27. The van der Waals surface area contributed by atoms with Crippen molar-refractivity contribution in [3.05, 3.63) is 0 Å². The molecule has 0 N–H and O–H groups in total. The molecule has 0 unspecified atom stereocenters.